The van der Waals surface area contributed by atoms with E-state index in [0.29, 0.717) is 36.5 Å². The zero-order chi connectivity index (χ0) is 27.9. The minimum atomic E-state index is -1.19. The number of thioether (sulfide) groups is 1. The average molecular weight is 548 g/mol. The summed E-state index contributed by atoms with van der Waals surface area (Å²) in [7, 11) is 0. The summed E-state index contributed by atoms with van der Waals surface area (Å²) in [5, 5.41) is 19.9. The number of carboxylic acid groups (broad SMARTS) is 1. The van der Waals surface area contributed by atoms with Crippen molar-refractivity contribution in [3.63, 3.8) is 0 Å². The maximum absolute atomic E-state index is 12.9. The van der Waals surface area contributed by atoms with Crippen LogP contribution in [0, 0.1) is 18.8 Å². The lowest BCUT2D eigenvalue weighted by molar-refractivity contribution is -0.163. The number of nitrogens with two attached hydrogens (primary N) is 1. The van der Waals surface area contributed by atoms with E-state index in [2.05, 4.69) is 11.6 Å². The number of rotatable bonds is 10. The van der Waals surface area contributed by atoms with Crippen molar-refractivity contribution in [1.29, 1.82) is 0 Å². The Hall–Kier alpha value is -3.32. The Balaban J connectivity index is 1.54. The minimum Gasteiger partial charge on any atom is -0.477 e. The molecule has 13 heteroatoms. The van der Waals surface area contributed by atoms with Crippen molar-refractivity contribution in [2.75, 3.05) is 13.2 Å². The number of amides is 3. The highest BCUT2D eigenvalue weighted by Gasteiger charge is 2.60. The fourth-order valence-electron chi connectivity index (χ4n) is 5.73. The maximum atomic E-state index is 12.9. The zero-order valence-electron chi connectivity index (χ0n) is 21.6. The van der Waals surface area contributed by atoms with Gasteiger partial charge in [-0.15, -0.1) is 11.8 Å². The molecular weight excluding hydrogens is 514 g/mol. The molecule has 3 amide bonds. The third-order valence-corrected chi connectivity index (χ3v) is 8.85. The number of aliphatic carboxylic acids is 1. The summed E-state index contributed by atoms with van der Waals surface area (Å²) in [6.07, 6.45) is 2.87. The number of aryl methyl sites for hydroxylation is 2. The Bertz CT molecular complexity index is 1190. The molecule has 4 rings (SSSR count). The first-order valence-corrected chi connectivity index (χ1v) is 13.4. The molecule has 0 radical (unpaired) electrons. The molecule has 1 aromatic heterocycles. The van der Waals surface area contributed by atoms with Gasteiger partial charge in [-0.05, 0) is 26.7 Å². The van der Waals surface area contributed by atoms with Crippen LogP contribution in [0.25, 0.3) is 0 Å². The number of fused-ring (bicyclic) bond motifs is 1. The number of hydrogen-bond acceptors (Lipinski definition) is 8. The van der Waals surface area contributed by atoms with Crippen LogP contribution in [0.3, 0.4) is 0 Å². The zero-order valence-corrected chi connectivity index (χ0v) is 22.4. The third kappa shape index (κ3) is 4.92. The Kier molecular flexibility index (Phi) is 7.88. The van der Waals surface area contributed by atoms with Crippen LogP contribution in [0.5, 0.6) is 0 Å². The van der Waals surface area contributed by atoms with E-state index in [4.69, 9.17) is 10.5 Å². The van der Waals surface area contributed by atoms with Gasteiger partial charge in [0, 0.05) is 41.4 Å². The standard InChI is InChI=1S/C25H33N5O7S/c1-5-8-37-25(36)29-11-16(9-15(29)6-7-28-10-12(2)27-22(28)21(26)32)38-20-13(3)18-17(14(4)31)23(33)30(18)19(20)24(34)35/h5,10,13-18,31H,1,6-9,11H2,2-4H3,(H2,26,32)(H,34,35)/t13-,14-,15-,16+,17-,18-/m1/s1. The van der Waals surface area contributed by atoms with Crippen LogP contribution in [0.15, 0.2) is 29.5 Å². The van der Waals surface area contributed by atoms with Crippen molar-refractivity contribution in [3.05, 3.63) is 41.0 Å². The molecule has 1 aromatic rings. The predicted molar refractivity (Wildman–Crippen MR) is 138 cm³/mol. The molecule has 4 heterocycles. The molecular formula is C25H33N5O7S. The van der Waals surface area contributed by atoms with Crippen molar-refractivity contribution in [1.82, 2.24) is 19.4 Å². The van der Waals surface area contributed by atoms with Gasteiger partial charge in [0.05, 0.1) is 23.8 Å². The van der Waals surface area contributed by atoms with E-state index in [1.807, 2.05) is 6.92 Å². The van der Waals surface area contributed by atoms with Gasteiger partial charge in [-0.25, -0.2) is 14.6 Å². The molecule has 206 valence electrons. The average Bonchev–Trinajstić information content (AvgIpc) is 3.49. The van der Waals surface area contributed by atoms with Crippen LogP contribution in [-0.2, 0) is 20.9 Å². The van der Waals surface area contributed by atoms with Crippen molar-refractivity contribution < 1.29 is 34.1 Å². The Morgan fingerprint density at radius 1 is 1.39 bits per heavy atom. The van der Waals surface area contributed by atoms with Gasteiger partial charge < -0.3 is 35.1 Å². The van der Waals surface area contributed by atoms with Crippen molar-refractivity contribution in [2.45, 2.75) is 63.6 Å². The number of aromatic nitrogens is 2. The van der Waals surface area contributed by atoms with Crippen LogP contribution in [0.1, 0.15) is 43.0 Å². The molecule has 4 N–H and O–H groups in total. The number of carbonyl (C=O) groups is 4. The lowest BCUT2D eigenvalue weighted by atomic mass is 9.79. The summed E-state index contributed by atoms with van der Waals surface area (Å²) in [5.74, 6) is -2.98. The first kappa shape index (κ1) is 27.7. The largest absolute Gasteiger partial charge is 0.477 e. The predicted octanol–water partition coefficient (Wildman–Crippen LogP) is 1.33. The molecule has 12 nitrogen and oxygen atoms in total. The summed E-state index contributed by atoms with van der Waals surface area (Å²) in [6, 6.07) is -0.652. The summed E-state index contributed by atoms with van der Waals surface area (Å²) in [5.41, 5.74) is 6.06. The van der Waals surface area contributed by atoms with Crippen LogP contribution in [-0.4, -0.2) is 90.0 Å². The molecule has 0 aromatic carbocycles. The number of nitrogens with zero attached hydrogens (tertiary/aromatic N) is 4. The van der Waals surface area contributed by atoms with Crippen LogP contribution < -0.4 is 5.73 Å². The van der Waals surface area contributed by atoms with E-state index >= 15 is 0 Å². The number of hydrogen-bond donors (Lipinski definition) is 3. The summed E-state index contributed by atoms with van der Waals surface area (Å²) in [4.78, 5) is 57.1. The van der Waals surface area contributed by atoms with Crippen LogP contribution >= 0.6 is 11.8 Å². The molecule has 3 aliphatic heterocycles. The topological polar surface area (TPSA) is 168 Å². The number of imidazole rings is 1. The first-order chi connectivity index (χ1) is 18.0. The number of carbonyl (C=O) groups excluding carboxylic acids is 3. The molecule has 0 spiro atoms. The smallest absolute Gasteiger partial charge is 0.410 e. The highest BCUT2D eigenvalue weighted by molar-refractivity contribution is 8.03. The fourth-order valence-corrected chi connectivity index (χ4v) is 7.29. The van der Waals surface area contributed by atoms with E-state index in [9.17, 15) is 29.4 Å². The molecule has 0 unspecified atom stereocenters. The minimum absolute atomic E-state index is 0.0429. The Morgan fingerprint density at radius 2 is 2.11 bits per heavy atom. The maximum Gasteiger partial charge on any atom is 0.410 e. The number of aliphatic hydroxyl groups excluding tert-OH is 1. The van der Waals surface area contributed by atoms with Crippen molar-refractivity contribution in [2.24, 2.45) is 17.6 Å². The highest BCUT2D eigenvalue weighted by Crippen LogP contribution is 2.52. The monoisotopic (exact) mass is 547 g/mol. The fraction of sp³-hybridized carbons (Fsp3) is 0.560. The second-order valence-electron chi connectivity index (χ2n) is 9.97. The Morgan fingerprint density at radius 3 is 2.71 bits per heavy atom. The number of β-lactam (4-membered cyclic amide) rings is 1. The molecule has 2 saturated heterocycles. The molecule has 0 aliphatic carbocycles. The van der Waals surface area contributed by atoms with E-state index in [1.165, 1.54) is 29.7 Å². The van der Waals surface area contributed by atoms with Gasteiger partial charge in [-0.2, -0.15) is 0 Å². The highest BCUT2D eigenvalue weighted by atomic mass is 32.2. The van der Waals surface area contributed by atoms with Gasteiger partial charge in [0.15, 0.2) is 5.82 Å². The van der Waals surface area contributed by atoms with E-state index in [1.54, 1.807) is 22.6 Å². The normalized spacial score (nSPS) is 27.3. The van der Waals surface area contributed by atoms with Gasteiger partial charge in [0.2, 0.25) is 5.91 Å². The van der Waals surface area contributed by atoms with Crippen molar-refractivity contribution >= 4 is 35.6 Å². The van der Waals surface area contributed by atoms with Crippen LogP contribution in [0.2, 0.25) is 0 Å². The number of carboxylic acids is 1. The number of likely N-dealkylation sites (tertiary alicyclic amines) is 1. The van der Waals surface area contributed by atoms with E-state index in [-0.39, 0.29) is 41.2 Å². The van der Waals surface area contributed by atoms with E-state index in [0.717, 1.165) is 0 Å². The molecule has 38 heavy (non-hydrogen) atoms. The molecule has 0 saturated carbocycles. The quantitative estimate of drug-likeness (QED) is 0.289. The molecule has 2 fully saturated rings. The first-order valence-electron chi connectivity index (χ1n) is 12.5. The van der Waals surface area contributed by atoms with Gasteiger partial charge in [0.25, 0.3) is 5.91 Å². The second kappa shape index (κ2) is 10.8. The number of primary amides is 1. The lowest BCUT2D eigenvalue weighted by Crippen LogP contribution is -2.63. The van der Waals surface area contributed by atoms with E-state index < -0.39 is 36.0 Å². The number of ether oxygens (including phenoxy) is 1. The van der Waals surface area contributed by atoms with Gasteiger partial charge in [-0.1, -0.05) is 19.6 Å². The molecule has 6 atom stereocenters. The summed E-state index contributed by atoms with van der Waals surface area (Å²) < 4.78 is 6.97. The molecule has 3 aliphatic rings. The van der Waals surface area contributed by atoms with Gasteiger partial charge in [0.1, 0.15) is 12.3 Å². The third-order valence-electron chi connectivity index (χ3n) is 7.36. The number of aliphatic hydroxyl groups is 1. The summed E-state index contributed by atoms with van der Waals surface area (Å²) >= 11 is 1.37. The Labute approximate surface area is 224 Å². The molecule has 0 bridgehead atoms. The van der Waals surface area contributed by atoms with Gasteiger partial charge in [-0.3, -0.25) is 9.59 Å². The van der Waals surface area contributed by atoms with Crippen LogP contribution in [0.4, 0.5) is 4.79 Å². The lowest BCUT2D eigenvalue weighted by Gasteiger charge is -2.46. The SMILES string of the molecule is C=CCOC(=O)N1C[C@@H](SC2=C(C(=O)O)N3C(=O)[C@H]([C@@H](C)O)[C@H]3[C@H]2C)C[C@H]1CCn1cc(C)nc1C(N)=O. The van der Waals surface area contributed by atoms with Crippen molar-refractivity contribution in [3.8, 4) is 0 Å². The van der Waals surface area contributed by atoms with Gasteiger partial charge >= 0.3 is 12.1 Å². The second-order valence-corrected chi connectivity index (χ2v) is 11.3. The summed E-state index contributed by atoms with van der Waals surface area (Å²) in [6.45, 7) is 9.51.